The maximum Gasteiger partial charge on any atom is 0.243 e. The van der Waals surface area contributed by atoms with Crippen LogP contribution in [0.3, 0.4) is 0 Å². The van der Waals surface area contributed by atoms with Gasteiger partial charge in [0.05, 0.1) is 22.5 Å². The van der Waals surface area contributed by atoms with Gasteiger partial charge in [-0.2, -0.15) is 4.31 Å². The van der Waals surface area contributed by atoms with Crippen LogP contribution in [-0.4, -0.2) is 47.3 Å². The zero-order valence-electron chi connectivity index (χ0n) is 18.7. The number of benzene rings is 2. The van der Waals surface area contributed by atoms with Gasteiger partial charge in [-0.25, -0.2) is 13.4 Å². The molecule has 1 saturated heterocycles. The summed E-state index contributed by atoms with van der Waals surface area (Å²) in [4.78, 5) is 7.48. The summed E-state index contributed by atoms with van der Waals surface area (Å²) in [6.45, 7) is 6.99. The Labute approximate surface area is 185 Å². The molecule has 3 aromatic rings. The third kappa shape index (κ3) is 4.40. The Kier molecular flexibility index (Phi) is 6.46. The van der Waals surface area contributed by atoms with Crippen LogP contribution in [0, 0.1) is 0 Å². The molecule has 31 heavy (non-hydrogen) atoms. The van der Waals surface area contributed by atoms with Crippen molar-refractivity contribution in [2.45, 2.75) is 57.1 Å². The highest BCUT2D eigenvalue weighted by Crippen LogP contribution is 2.26. The molecule has 0 radical (unpaired) electrons. The van der Waals surface area contributed by atoms with Gasteiger partial charge in [-0.3, -0.25) is 4.90 Å². The maximum atomic E-state index is 13.1. The fraction of sp³-hybridized carbons (Fsp3) is 0.458. The highest BCUT2D eigenvalue weighted by Gasteiger charge is 2.27. The Bertz CT molecular complexity index is 1140. The Balaban J connectivity index is 1.63. The van der Waals surface area contributed by atoms with E-state index in [0.29, 0.717) is 24.5 Å². The summed E-state index contributed by atoms with van der Waals surface area (Å²) in [5, 5.41) is 0. The van der Waals surface area contributed by atoms with E-state index in [1.807, 2.05) is 12.1 Å². The molecule has 2 heterocycles. The van der Waals surface area contributed by atoms with Crippen molar-refractivity contribution < 1.29 is 8.42 Å². The highest BCUT2D eigenvalue weighted by molar-refractivity contribution is 7.89. The van der Waals surface area contributed by atoms with Crippen LogP contribution in [0.25, 0.3) is 11.0 Å². The summed E-state index contributed by atoms with van der Waals surface area (Å²) >= 11 is 0. The van der Waals surface area contributed by atoms with Crippen molar-refractivity contribution in [3.05, 3.63) is 59.9 Å². The SMILES string of the molecule is CCn1c(CN(C)[C@@H](C)c2ccccc2)nc2cc(S(=O)(=O)N3CCCCC3)ccc21. The zero-order chi connectivity index (χ0) is 22.0. The molecule has 1 aliphatic heterocycles. The molecule has 1 atom stereocenters. The monoisotopic (exact) mass is 440 g/mol. The van der Waals surface area contributed by atoms with Crippen molar-refractivity contribution in [2.75, 3.05) is 20.1 Å². The average Bonchev–Trinajstić information content (AvgIpc) is 3.15. The quantitative estimate of drug-likeness (QED) is 0.546. The Morgan fingerprint density at radius 1 is 1.06 bits per heavy atom. The number of hydrogen-bond acceptors (Lipinski definition) is 4. The minimum absolute atomic E-state index is 0.251. The van der Waals surface area contributed by atoms with Gasteiger partial charge >= 0.3 is 0 Å². The van der Waals surface area contributed by atoms with Gasteiger partial charge < -0.3 is 4.57 Å². The summed E-state index contributed by atoms with van der Waals surface area (Å²) in [6.07, 6.45) is 2.97. The zero-order valence-corrected chi connectivity index (χ0v) is 19.5. The van der Waals surface area contributed by atoms with Gasteiger partial charge in [0, 0.05) is 25.7 Å². The van der Waals surface area contributed by atoms with Crippen LogP contribution in [-0.2, 0) is 23.1 Å². The average molecular weight is 441 g/mol. The van der Waals surface area contributed by atoms with Crippen LogP contribution in [0.1, 0.15) is 50.5 Å². The van der Waals surface area contributed by atoms with Crippen molar-refractivity contribution in [1.82, 2.24) is 18.8 Å². The fourth-order valence-electron chi connectivity index (χ4n) is 4.39. The molecular formula is C24H32N4O2S. The Hall–Kier alpha value is -2.22. The first kappa shape index (κ1) is 22.0. The van der Waals surface area contributed by atoms with Gasteiger partial charge in [-0.05, 0) is 57.5 Å². The molecule has 0 spiro atoms. The van der Waals surface area contributed by atoms with Gasteiger partial charge in [-0.15, -0.1) is 0 Å². The second-order valence-electron chi connectivity index (χ2n) is 8.39. The summed E-state index contributed by atoms with van der Waals surface area (Å²) in [5.74, 6) is 0.954. The van der Waals surface area contributed by atoms with Crippen molar-refractivity contribution in [3.8, 4) is 0 Å². The first-order chi connectivity index (χ1) is 14.9. The normalized spacial score (nSPS) is 16.8. The molecule has 0 bridgehead atoms. The van der Waals surface area contributed by atoms with Crippen LogP contribution >= 0.6 is 0 Å². The maximum absolute atomic E-state index is 13.1. The number of piperidine rings is 1. The molecule has 1 aromatic heterocycles. The van der Waals surface area contributed by atoms with E-state index in [2.05, 4.69) is 54.6 Å². The molecule has 4 rings (SSSR count). The van der Waals surface area contributed by atoms with Crippen molar-refractivity contribution in [1.29, 1.82) is 0 Å². The number of sulfonamides is 1. The predicted octanol–water partition coefficient (Wildman–Crippen LogP) is 4.42. The third-order valence-corrected chi connectivity index (χ3v) is 8.30. The highest BCUT2D eigenvalue weighted by atomic mass is 32.2. The summed E-state index contributed by atoms with van der Waals surface area (Å²) in [7, 11) is -1.36. The summed E-state index contributed by atoms with van der Waals surface area (Å²) in [6, 6.07) is 16.1. The smallest absolute Gasteiger partial charge is 0.243 e. The first-order valence-electron chi connectivity index (χ1n) is 11.2. The van der Waals surface area contributed by atoms with Crippen LogP contribution < -0.4 is 0 Å². The summed E-state index contributed by atoms with van der Waals surface area (Å²) < 4.78 is 30.0. The number of aromatic nitrogens is 2. The largest absolute Gasteiger partial charge is 0.327 e. The van der Waals surface area contributed by atoms with Crippen LogP contribution in [0.5, 0.6) is 0 Å². The molecule has 1 aliphatic rings. The number of nitrogens with zero attached hydrogens (tertiary/aromatic N) is 4. The lowest BCUT2D eigenvalue weighted by Gasteiger charge is -2.25. The molecule has 166 valence electrons. The minimum Gasteiger partial charge on any atom is -0.327 e. The van der Waals surface area contributed by atoms with Gasteiger partial charge in [0.2, 0.25) is 10.0 Å². The van der Waals surface area contributed by atoms with Crippen LogP contribution in [0.2, 0.25) is 0 Å². The predicted molar refractivity (Wildman–Crippen MR) is 124 cm³/mol. The van der Waals surface area contributed by atoms with Crippen LogP contribution in [0.15, 0.2) is 53.4 Å². The van der Waals surface area contributed by atoms with E-state index in [4.69, 9.17) is 4.98 Å². The van der Waals surface area contributed by atoms with Gasteiger partial charge in [0.25, 0.3) is 0 Å². The van der Waals surface area contributed by atoms with E-state index < -0.39 is 10.0 Å². The molecular weight excluding hydrogens is 408 g/mol. The molecule has 0 saturated carbocycles. The Morgan fingerprint density at radius 2 is 1.77 bits per heavy atom. The third-order valence-electron chi connectivity index (χ3n) is 6.40. The standard InChI is InChI=1S/C24H32N4O2S/c1-4-28-23-14-13-21(31(29,30)27-15-9-6-10-16-27)17-22(23)25-24(28)18-26(3)19(2)20-11-7-5-8-12-20/h5,7-8,11-14,17,19H,4,6,9-10,15-16,18H2,1-3H3/t19-/m0/s1. The molecule has 0 N–H and O–H groups in total. The van der Waals surface area contributed by atoms with E-state index in [-0.39, 0.29) is 6.04 Å². The molecule has 1 fully saturated rings. The summed E-state index contributed by atoms with van der Waals surface area (Å²) in [5.41, 5.74) is 2.99. The molecule has 0 unspecified atom stereocenters. The van der Waals surface area contributed by atoms with Gasteiger partial charge in [-0.1, -0.05) is 36.8 Å². The lowest BCUT2D eigenvalue weighted by molar-refractivity contribution is 0.244. The van der Waals surface area contributed by atoms with E-state index in [9.17, 15) is 8.42 Å². The first-order valence-corrected chi connectivity index (χ1v) is 12.6. The number of hydrogen-bond donors (Lipinski definition) is 0. The van der Waals surface area contributed by atoms with E-state index >= 15 is 0 Å². The second kappa shape index (κ2) is 9.10. The second-order valence-corrected chi connectivity index (χ2v) is 10.3. The lowest BCUT2D eigenvalue weighted by atomic mass is 10.1. The van der Waals surface area contributed by atoms with Crippen molar-refractivity contribution in [2.24, 2.45) is 0 Å². The van der Waals surface area contributed by atoms with Gasteiger partial charge in [0.1, 0.15) is 5.82 Å². The van der Waals surface area contributed by atoms with E-state index in [0.717, 1.165) is 42.7 Å². The minimum atomic E-state index is -3.46. The molecule has 2 aromatic carbocycles. The van der Waals surface area contributed by atoms with E-state index in [1.165, 1.54) is 5.56 Å². The number of fused-ring (bicyclic) bond motifs is 1. The van der Waals surface area contributed by atoms with Crippen molar-refractivity contribution >= 4 is 21.1 Å². The molecule has 6 nitrogen and oxygen atoms in total. The topological polar surface area (TPSA) is 58.4 Å². The van der Waals surface area contributed by atoms with Crippen molar-refractivity contribution in [3.63, 3.8) is 0 Å². The molecule has 7 heteroatoms. The Morgan fingerprint density at radius 3 is 2.45 bits per heavy atom. The number of aryl methyl sites for hydroxylation is 1. The number of imidazole rings is 1. The fourth-order valence-corrected chi connectivity index (χ4v) is 5.93. The van der Waals surface area contributed by atoms with Gasteiger partial charge in [0.15, 0.2) is 0 Å². The van der Waals surface area contributed by atoms with Crippen LogP contribution in [0.4, 0.5) is 0 Å². The van der Waals surface area contributed by atoms with E-state index in [1.54, 1.807) is 16.4 Å². The lowest BCUT2D eigenvalue weighted by Crippen LogP contribution is -2.35. The molecule has 0 amide bonds. The molecule has 0 aliphatic carbocycles. The number of rotatable bonds is 7.